The summed E-state index contributed by atoms with van der Waals surface area (Å²) in [6.45, 7) is 4.83. The van der Waals surface area contributed by atoms with Crippen molar-refractivity contribution in [2.75, 3.05) is 31.4 Å². The second kappa shape index (κ2) is 8.96. The molecule has 3 rings (SSSR count). The third-order valence-electron chi connectivity index (χ3n) is 5.15. The van der Waals surface area contributed by atoms with Gasteiger partial charge in [0, 0.05) is 31.4 Å². The first-order chi connectivity index (χ1) is 13.9. The Hall–Kier alpha value is -3.06. The van der Waals surface area contributed by atoms with Crippen LogP contribution < -0.4 is 20.1 Å². The van der Waals surface area contributed by atoms with Crippen LogP contribution in [0.2, 0.25) is 0 Å². The molecule has 2 aromatic carbocycles. The lowest BCUT2D eigenvalue weighted by Crippen LogP contribution is -2.44. The molecule has 2 N–H and O–H groups in total. The number of hydrogen-bond donors (Lipinski definition) is 2. The second-order valence-electron chi connectivity index (χ2n) is 7.12. The predicted octanol–water partition coefficient (Wildman–Crippen LogP) is 3.05. The molecule has 2 aromatic rings. The first-order valence-electron chi connectivity index (χ1n) is 9.57. The van der Waals surface area contributed by atoms with Crippen molar-refractivity contribution in [3.63, 3.8) is 0 Å². The molecule has 1 heterocycles. The number of nitrogens with zero attached hydrogens (tertiary/aromatic N) is 1. The molecule has 0 radical (unpaired) electrons. The molecular weight excluding hydrogens is 370 g/mol. The molecule has 1 atom stereocenters. The summed E-state index contributed by atoms with van der Waals surface area (Å²) in [4.78, 5) is 26.0. The highest BCUT2D eigenvalue weighted by molar-refractivity contribution is 5.95. The lowest BCUT2D eigenvalue weighted by molar-refractivity contribution is -0.121. The van der Waals surface area contributed by atoms with Crippen LogP contribution in [0.25, 0.3) is 0 Å². The summed E-state index contributed by atoms with van der Waals surface area (Å²) in [7, 11) is 3.26. The van der Waals surface area contributed by atoms with E-state index in [9.17, 15) is 9.59 Å². The van der Waals surface area contributed by atoms with E-state index < -0.39 is 0 Å². The summed E-state index contributed by atoms with van der Waals surface area (Å²) in [6, 6.07) is 10.8. The Morgan fingerprint density at radius 1 is 0.966 bits per heavy atom. The Kier molecular flexibility index (Phi) is 6.39. The number of carbonyl (C=O) groups excluding carboxylic acids is 2. The largest absolute Gasteiger partial charge is 0.493 e. The van der Waals surface area contributed by atoms with Gasteiger partial charge in [0.1, 0.15) is 0 Å². The van der Waals surface area contributed by atoms with Crippen molar-refractivity contribution < 1.29 is 19.1 Å². The Bertz CT molecular complexity index is 896. The molecule has 0 aromatic heterocycles. The van der Waals surface area contributed by atoms with Gasteiger partial charge >= 0.3 is 0 Å². The quantitative estimate of drug-likeness (QED) is 0.783. The van der Waals surface area contributed by atoms with Crippen molar-refractivity contribution in [3.8, 4) is 11.5 Å². The van der Waals surface area contributed by atoms with Crippen molar-refractivity contribution in [2.24, 2.45) is 0 Å². The number of benzene rings is 2. The summed E-state index contributed by atoms with van der Waals surface area (Å²) >= 11 is 0. The molecule has 1 aliphatic heterocycles. The standard InChI is InChI=1S/C22H27N3O4/c1-14(22(27)24-19-7-5-18(6-8-19)23-15(2)26)25-10-9-16-11-20(28-3)21(29-4)12-17(16)13-25/h5-8,11-12,14H,9-10,13H2,1-4H3,(H,23,26)(H,24,27)/t14-/m1/s1. The Morgan fingerprint density at radius 3 is 2.07 bits per heavy atom. The van der Waals surface area contributed by atoms with Crippen LogP contribution in [0.1, 0.15) is 25.0 Å². The second-order valence-corrected chi connectivity index (χ2v) is 7.12. The van der Waals surface area contributed by atoms with Crippen LogP contribution in [0, 0.1) is 0 Å². The van der Waals surface area contributed by atoms with Crippen molar-refractivity contribution >= 4 is 23.2 Å². The summed E-state index contributed by atoms with van der Waals surface area (Å²) in [5, 5.41) is 5.65. The molecule has 0 bridgehead atoms. The zero-order valence-corrected chi connectivity index (χ0v) is 17.2. The zero-order chi connectivity index (χ0) is 21.0. The van der Waals surface area contributed by atoms with Gasteiger partial charge in [-0.05, 0) is 60.9 Å². The molecule has 0 saturated heterocycles. The van der Waals surface area contributed by atoms with Crippen LogP contribution >= 0.6 is 0 Å². The monoisotopic (exact) mass is 397 g/mol. The third-order valence-corrected chi connectivity index (χ3v) is 5.15. The minimum atomic E-state index is -0.286. The average Bonchev–Trinajstić information content (AvgIpc) is 2.72. The normalized spacial score (nSPS) is 14.5. The number of rotatable bonds is 6. The highest BCUT2D eigenvalue weighted by Gasteiger charge is 2.26. The summed E-state index contributed by atoms with van der Waals surface area (Å²) < 4.78 is 10.8. The molecule has 2 amide bonds. The molecule has 0 spiro atoms. The van der Waals surface area contributed by atoms with Crippen LogP contribution in [0.15, 0.2) is 36.4 Å². The van der Waals surface area contributed by atoms with Gasteiger partial charge in [0.05, 0.1) is 20.3 Å². The van der Waals surface area contributed by atoms with Gasteiger partial charge in [0.25, 0.3) is 0 Å². The molecule has 7 heteroatoms. The van der Waals surface area contributed by atoms with E-state index in [0.717, 1.165) is 24.3 Å². The number of anilines is 2. The van der Waals surface area contributed by atoms with Crippen LogP contribution in [0.4, 0.5) is 11.4 Å². The van der Waals surface area contributed by atoms with Gasteiger partial charge in [-0.3, -0.25) is 14.5 Å². The van der Waals surface area contributed by atoms with E-state index in [-0.39, 0.29) is 17.9 Å². The van der Waals surface area contributed by atoms with Crippen LogP contribution in [-0.2, 0) is 22.6 Å². The first-order valence-corrected chi connectivity index (χ1v) is 9.57. The number of fused-ring (bicyclic) bond motifs is 1. The lowest BCUT2D eigenvalue weighted by atomic mass is 9.97. The summed E-state index contributed by atoms with van der Waals surface area (Å²) in [5.74, 6) is 1.23. The van der Waals surface area contributed by atoms with Crippen LogP contribution in [0.3, 0.4) is 0 Å². The van der Waals surface area contributed by atoms with E-state index in [1.165, 1.54) is 12.5 Å². The number of carbonyl (C=O) groups is 2. The van der Waals surface area contributed by atoms with Crippen molar-refractivity contribution in [2.45, 2.75) is 32.9 Å². The first kappa shape index (κ1) is 20.7. The van der Waals surface area contributed by atoms with Crippen molar-refractivity contribution in [1.29, 1.82) is 0 Å². The topological polar surface area (TPSA) is 79.9 Å². The lowest BCUT2D eigenvalue weighted by Gasteiger charge is -2.33. The van der Waals surface area contributed by atoms with E-state index >= 15 is 0 Å². The molecule has 0 unspecified atom stereocenters. The fourth-order valence-corrected chi connectivity index (χ4v) is 3.49. The summed E-state index contributed by atoms with van der Waals surface area (Å²) in [5.41, 5.74) is 3.76. The molecule has 0 aliphatic carbocycles. The number of nitrogens with one attached hydrogen (secondary N) is 2. The van der Waals surface area contributed by atoms with Gasteiger partial charge in [-0.25, -0.2) is 0 Å². The van der Waals surface area contributed by atoms with Crippen molar-refractivity contribution in [3.05, 3.63) is 47.5 Å². The van der Waals surface area contributed by atoms with Crippen molar-refractivity contribution in [1.82, 2.24) is 4.90 Å². The molecule has 0 fully saturated rings. The number of methoxy groups -OCH3 is 2. The van der Waals surface area contributed by atoms with E-state index in [1.54, 1.807) is 38.5 Å². The third kappa shape index (κ3) is 4.86. The predicted molar refractivity (Wildman–Crippen MR) is 112 cm³/mol. The fraction of sp³-hybridized carbons (Fsp3) is 0.364. The van der Waals surface area contributed by atoms with Crippen LogP contribution in [0.5, 0.6) is 11.5 Å². The minimum Gasteiger partial charge on any atom is -0.493 e. The molecule has 0 saturated carbocycles. The van der Waals surface area contributed by atoms with E-state index in [4.69, 9.17) is 9.47 Å². The number of ether oxygens (including phenoxy) is 2. The Balaban J connectivity index is 1.65. The molecular formula is C22H27N3O4. The average molecular weight is 397 g/mol. The molecule has 7 nitrogen and oxygen atoms in total. The minimum absolute atomic E-state index is 0.0683. The maximum Gasteiger partial charge on any atom is 0.241 e. The molecule has 1 aliphatic rings. The SMILES string of the molecule is COc1cc2c(cc1OC)CN([C@H](C)C(=O)Nc1ccc(NC(C)=O)cc1)CC2. The smallest absolute Gasteiger partial charge is 0.241 e. The Labute approximate surface area is 171 Å². The highest BCUT2D eigenvalue weighted by atomic mass is 16.5. The van der Waals surface area contributed by atoms with Gasteiger partial charge in [0.15, 0.2) is 11.5 Å². The van der Waals surface area contributed by atoms with Gasteiger partial charge in [-0.2, -0.15) is 0 Å². The van der Waals surface area contributed by atoms with Gasteiger partial charge < -0.3 is 20.1 Å². The molecule has 29 heavy (non-hydrogen) atoms. The maximum absolute atomic E-state index is 12.7. The van der Waals surface area contributed by atoms with E-state index in [0.29, 0.717) is 23.7 Å². The Morgan fingerprint density at radius 2 is 1.52 bits per heavy atom. The van der Waals surface area contributed by atoms with Gasteiger partial charge in [0.2, 0.25) is 11.8 Å². The maximum atomic E-state index is 12.7. The van der Waals surface area contributed by atoms with Gasteiger partial charge in [-0.15, -0.1) is 0 Å². The van der Waals surface area contributed by atoms with E-state index in [2.05, 4.69) is 15.5 Å². The van der Waals surface area contributed by atoms with Gasteiger partial charge in [-0.1, -0.05) is 0 Å². The number of hydrogen-bond acceptors (Lipinski definition) is 5. The zero-order valence-electron chi connectivity index (χ0n) is 17.2. The van der Waals surface area contributed by atoms with E-state index in [1.807, 2.05) is 19.1 Å². The molecule has 154 valence electrons. The fourth-order valence-electron chi connectivity index (χ4n) is 3.49. The summed E-state index contributed by atoms with van der Waals surface area (Å²) in [6.07, 6.45) is 0.846. The van der Waals surface area contributed by atoms with Crippen LogP contribution in [-0.4, -0.2) is 43.5 Å². The number of amides is 2. The highest BCUT2D eigenvalue weighted by Crippen LogP contribution is 2.33.